The Labute approximate surface area is 82.9 Å². The highest BCUT2D eigenvalue weighted by atomic mass is 19.4. The molecule has 0 saturated heterocycles. The summed E-state index contributed by atoms with van der Waals surface area (Å²) in [5.74, 6) is -1.12. The number of aromatic nitrogens is 1. The number of alkyl halides is 3. The van der Waals surface area contributed by atoms with Gasteiger partial charge < -0.3 is 10.5 Å². The molecule has 0 spiro atoms. The van der Waals surface area contributed by atoms with Crippen molar-refractivity contribution in [2.45, 2.75) is 6.18 Å². The maximum absolute atomic E-state index is 11.8. The molecule has 1 aromatic rings. The molecule has 0 unspecified atom stereocenters. The number of pyridine rings is 1. The fourth-order valence-electron chi connectivity index (χ4n) is 0.852. The van der Waals surface area contributed by atoms with Crippen molar-refractivity contribution < 1.29 is 22.7 Å². The van der Waals surface area contributed by atoms with Crippen LogP contribution in [-0.2, 0) is 0 Å². The molecular weight excluding hydrogens is 213 g/mol. The van der Waals surface area contributed by atoms with Gasteiger partial charge in [0.15, 0.2) is 6.61 Å². The van der Waals surface area contributed by atoms with Crippen LogP contribution in [0.25, 0.3) is 0 Å². The van der Waals surface area contributed by atoms with E-state index in [1.54, 1.807) is 0 Å². The van der Waals surface area contributed by atoms with E-state index in [-0.39, 0.29) is 11.3 Å². The van der Waals surface area contributed by atoms with Crippen molar-refractivity contribution in [3.05, 3.63) is 24.0 Å². The minimum atomic E-state index is -4.46. The van der Waals surface area contributed by atoms with Crippen molar-refractivity contribution in [1.82, 2.24) is 4.98 Å². The lowest BCUT2D eigenvalue weighted by molar-refractivity contribution is -0.153. The van der Waals surface area contributed by atoms with Gasteiger partial charge in [0.2, 0.25) is 0 Å². The number of rotatable bonds is 3. The first-order valence-corrected chi connectivity index (χ1v) is 3.83. The van der Waals surface area contributed by atoms with E-state index in [9.17, 15) is 18.0 Å². The Bertz CT molecular complexity index is 365. The second-order valence-electron chi connectivity index (χ2n) is 2.64. The summed E-state index contributed by atoms with van der Waals surface area (Å²) in [5, 5.41) is 0. The Hall–Kier alpha value is -1.79. The van der Waals surface area contributed by atoms with E-state index in [0.717, 1.165) is 12.3 Å². The molecular formula is C8H7F3N2O2. The van der Waals surface area contributed by atoms with Gasteiger partial charge in [-0.2, -0.15) is 13.2 Å². The number of hydrogen-bond acceptors (Lipinski definition) is 3. The van der Waals surface area contributed by atoms with Gasteiger partial charge in [0.25, 0.3) is 5.91 Å². The van der Waals surface area contributed by atoms with E-state index >= 15 is 0 Å². The smallest absolute Gasteiger partial charge is 0.422 e. The molecule has 0 bridgehead atoms. The summed E-state index contributed by atoms with van der Waals surface area (Å²) in [7, 11) is 0. The molecule has 0 fully saturated rings. The van der Waals surface area contributed by atoms with Crippen LogP contribution in [0.4, 0.5) is 13.2 Å². The zero-order chi connectivity index (χ0) is 11.5. The molecule has 0 aliphatic carbocycles. The van der Waals surface area contributed by atoms with E-state index in [1.165, 1.54) is 6.20 Å². The van der Waals surface area contributed by atoms with E-state index < -0.39 is 18.7 Å². The fraction of sp³-hybridized carbons (Fsp3) is 0.250. The number of nitrogens with two attached hydrogens (primary N) is 1. The summed E-state index contributed by atoms with van der Waals surface area (Å²) >= 11 is 0. The van der Waals surface area contributed by atoms with Crippen molar-refractivity contribution in [3.63, 3.8) is 0 Å². The number of hydrogen-bond donors (Lipinski definition) is 1. The number of carbonyl (C=O) groups is 1. The molecule has 0 saturated carbocycles. The molecule has 15 heavy (non-hydrogen) atoms. The highest BCUT2D eigenvalue weighted by Crippen LogP contribution is 2.20. The Morgan fingerprint density at radius 1 is 1.53 bits per heavy atom. The maximum atomic E-state index is 11.8. The quantitative estimate of drug-likeness (QED) is 0.830. The van der Waals surface area contributed by atoms with Gasteiger partial charge in [0.1, 0.15) is 5.75 Å². The molecule has 1 amide bonds. The van der Waals surface area contributed by atoms with Gasteiger partial charge in [-0.05, 0) is 6.07 Å². The molecule has 0 radical (unpaired) electrons. The van der Waals surface area contributed by atoms with Crippen molar-refractivity contribution in [2.75, 3.05) is 6.61 Å². The largest absolute Gasteiger partial charge is 0.483 e. The average Bonchev–Trinajstić information content (AvgIpc) is 2.14. The second-order valence-corrected chi connectivity index (χ2v) is 2.64. The minimum Gasteiger partial charge on any atom is -0.483 e. The third-order valence-electron chi connectivity index (χ3n) is 1.44. The molecule has 7 heteroatoms. The summed E-state index contributed by atoms with van der Waals surface area (Å²) in [4.78, 5) is 14.3. The van der Waals surface area contributed by atoms with E-state index in [0.29, 0.717) is 0 Å². The first-order valence-electron chi connectivity index (χ1n) is 3.83. The lowest BCUT2D eigenvalue weighted by Gasteiger charge is -2.10. The van der Waals surface area contributed by atoms with E-state index in [4.69, 9.17) is 5.73 Å². The van der Waals surface area contributed by atoms with Gasteiger partial charge >= 0.3 is 6.18 Å². The molecule has 82 valence electrons. The highest BCUT2D eigenvalue weighted by molar-refractivity contribution is 5.95. The summed E-state index contributed by atoms with van der Waals surface area (Å²) in [6.45, 7) is -1.47. The first-order chi connectivity index (χ1) is 6.90. The van der Waals surface area contributed by atoms with E-state index in [2.05, 4.69) is 9.72 Å². The van der Waals surface area contributed by atoms with Crippen LogP contribution in [0.1, 0.15) is 10.4 Å². The van der Waals surface area contributed by atoms with Crippen molar-refractivity contribution in [3.8, 4) is 5.75 Å². The Morgan fingerprint density at radius 3 is 2.73 bits per heavy atom. The first kappa shape index (κ1) is 11.3. The lowest BCUT2D eigenvalue weighted by atomic mass is 10.2. The van der Waals surface area contributed by atoms with Crippen LogP contribution in [0, 0.1) is 0 Å². The molecule has 0 aromatic carbocycles. The van der Waals surface area contributed by atoms with Gasteiger partial charge in [-0.3, -0.25) is 9.78 Å². The van der Waals surface area contributed by atoms with Crippen LogP contribution in [0.15, 0.2) is 18.5 Å². The Kier molecular flexibility index (Phi) is 3.13. The zero-order valence-electron chi connectivity index (χ0n) is 7.41. The Morgan fingerprint density at radius 2 is 2.20 bits per heavy atom. The predicted octanol–water partition coefficient (Wildman–Crippen LogP) is 1.12. The molecule has 1 rings (SSSR count). The van der Waals surface area contributed by atoms with Crippen molar-refractivity contribution >= 4 is 5.91 Å². The summed E-state index contributed by atoms with van der Waals surface area (Å²) in [5.41, 5.74) is 4.73. The molecule has 0 aliphatic heterocycles. The van der Waals surface area contributed by atoms with Crippen molar-refractivity contribution in [1.29, 1.82) is 0 Å². The van der Waals surface area contributed by atoms with Crippen LogP contribution in [0.3, 0.4) is 0 Å². The summed E-state index contributed by atoms with van der Waals surface area (Å²) in [6.07, 6.45) is -2.20. The SMILES string of the molecule is NC(=O)c1cnccc1OCC(F)(F)F. The average molecular weight is 220 g/mol. The van der Waals surface area contributed by atoms with Gasteiger partial charge in [0.05, 0.1) is 5.56 Å². The minimum absolute atomic E-state index is 0.179. The normalized spacial score (nSPS) is 11.1. The number of nitrogens with zero attached hydrogens (tertiary/aromatic N) is 1. The monoisotopic (exact) mass is 220 g/mol. The summed E-state index contributed by atoms with van der Waals surface area (Å²) in [6, 6.07) is 1.14. The topological polar surface area (TPSA) is 65.2 Å². The van der Waals surface area contributed by atoms with Crippen LogP contribution in [-0.4, -0.2) is 23.7 Å². The maximum Gasteiger partial charge on any atom is 0.422 e. The van der Waals surface area contributed by atoms with E-state index in [1.807, 2.05) is 0 Å². The molecule has 1 heterocycles. The Balaban J connectivity index is 2.81. The number of ether oxygens (including phenoxy) is 1. The summed E-state index contributed by atoms with van der Waals surface area (Å²) < 4.78 is 39.8. The third-order valence-corrected chi connectivity index (χ3v) is 1.44. The molecule has 1 aromatic heterocycles. The number of halogens is 3. The van der Waals surface area contributed by atoms with Crippen LogP contribution >= 0.6 is 0 Å². The zero-order valence-corrected chi connectivity index (χ0v) is 7.41. The predicted molar refractivity (Wildman–Crippen MR) is 44.3 cm³/mol. The second kappa shape index (κ2) is 4.16. The molecule has 2 N–H and O–H groups in total. The van der Waals surface area contributed by atoms with Gasteiger partial charge in [0, 0.05) is 12.4 Å². The number of amides is 1. The third kappa shape index (κ3) is 3.45. The van der Waals surface area contributed by atoms with Gasteiger partial charge in [-0.15, -0.1) is 0 Å². The highest BCUT2D eigenvalue weighted by Gasteiger charge is 2.29. The van der Waals surface area contributed by atoms with Crippen LogP contribution < -0.4 is 10.5 Å². The van der Waals surface area contributed by atoms with Crippen LogP contribution in [0.2, 0.25) is 0 Å². The number of primary amides is 1. The number of carbonyl (C=O) groups excluding carboxylic acids is 1. The van der Waals surface area contributed by atoms with Gasteiger partial charge in [-0.25, -0.2) is 0 Å². The lowest BCUT2D eigenvalue weighted by Crippen LogP contribution is -2.21. The molecule has 4 nitrogen and oxygen atoms in total. The van der Waals surface area contributed by atoms with Gasteiger partial charge in [-0.1, -0.05) is 0 Å². The van der Waals surface area contributed by atoms with Crippen LogP contribution in [0.5, 0.6) is 5.75 Å². The molecule has 0 aliphatic rings. The van der Waals surface area contributed by atoms with Crippen molar-refractivity contribution in [2.24, 2.45) is 5.73 Å². The fourth-order valence-corrected chi connectivity index (χ4v) is 0.852. The standard InChI is InChI=1S/C8H7F3N2O2/c9-8(10,11)4-15-6-1-2-13-3-5(6)7(12)14/h1-3H,4H2,(H2,12,14). The molecule has 0 atom stereocenters.